The molecule has 0 fully saturated rings. The number of carboxylic acids is 1. The van der Waals surface area contributed by atoms with Crippen molar-refractivity contribution in [3.63, 3.8) is 0 Å². The van der Waals surface area contributed by atoms with Gasteiger partial charge in [0.25, 0.3) is 0 Å². The van der Waals surface area contributed by atoms with Gasteiger partial charge in [0.1, 0.15) is 10.6 Å². The third-order valence-corrected chi connectivity index (χ3v) is 4.81. The van der Waals surface area contributed by atoms with E-state index in [0.29, 0.717) is 5.56 Å². The summed E-state index contributed by atoms with van der Waals surface area (Å²) < 4.78 is 29.3. The van der Waals surface area contributed by atoms with Gasteiger partial charge in [0, 0.05) is 0 Å². The monoisotopic (exact) mass is 340 g/mol. The lowest BCUT2D eigenvalue weighted by Gasteiger charge is -2.10. The molecule has 0 unspecified atom stereocenters. The first-order valence-electron chi connectivity index (χ1n) is 6.33. The van der Waals surface area contributed by atoms with Crippen LogP contribution in [-0.2, 0) is 14.9 Å². The molecule has 0 saturated heterocycles. The lowest BCUT2D eigenvalue weighted by Crippen LogP contribution is -2.11. The van der Waals surface area contributed by atoms with E-state index in [1.807, 2.05) is 0 Å². The van der Waals surface area contributed by atoms with Crippen molar-refractivity contribution in [2.45, 2.75) is 17.7 Å². The van der Waals surface area contributed by atoms with Gasteiger partial charge in [0.2, 0.25) is 0 Å². The Kier molecular flexibility index (Phi) is 4.73. The summed E-state index contributed by atoms with van der Waals surface area (Å²) in [4.78, 5) is 10.8. The minimum Gasteiger partial charge on any atom is -0.481 e. The first-order chi connectivity index (χ1) is 10.3. The Morgan fingerprint density at radius 2 is 1.73 bits per heavy atom. The van der Waals surface area contributed by atoms with Gasteiger partial charge in [-0.2, -0.15) is 8.42 Å². The van der Waals surface area contributed by atoms with E-state index in [2.05, 4.69) is 0 Å². The fourth-order valence-corrected chi connectivity index (χ4v) is 3.20. The molecule has 0 amide bonds. The maximum absolute atomic E-state index is 12.1. The van der Waals surface area contributed by atoms with Gasteiger partial charge in [-0.1, -0.05) is 35.9 Å². The minimum atomic E-state index is -4.04. The molecule has 1 atom stereocenters. The van der Waals surface area contributed by atoms with Crippen molar-refractivity contribution in [3.05, 3.63) is 59.1 Å². The Balaban J connectivity index is 2.24. The second kappa shape index (κ2) is 6.37. The van der Waals surface area contributed by atoms with E-state index in [9.17, 15) is 13.2 Å². The van der Waals surface area contributed by atoms with E-state index in [4.69, 9.17) is 20.9 Å². The Bertz CT molecular complexity index is 784. The average molecular weight is 341 g/mol. The lowest BCUT2D eigenvalue weighted by molar-refractivity contribution is -0.138. The molecule has 2 aromatic rings. The smallest absolute Gasteiger partial charge is 0.340 e. The Labute approximate surface area is 133 Å². The van der Waals surface area contributed by atoms with Crippen LogP contribution in [0, 0.1) is 0 Å². The molecule has 0 aliphatic heterocycles. The highest BCUT2D eigenvalue weighted by Crippen LogP contribution is 2.26. The van der Waals surface area contributed by atoms with Crippen LogP contribution in [0.15, 0.2) is 53.4 Å². The predicted octanol–water partition coefficient (Wildman–Crippen LogP) is 3.30. The topological polar surface area (TPSA) is 80.7 Å². The van der Waals surface area contributed by atoms with Crippen molar-refractivity contribution in [1.29, 1.82) is 0 Å². The van der Waals surface area contributed by atoms with Crippen LogP contribution >= 0.6 is 11.6 Å². The molecule has 2 rings (SSSR count). The second-order valence-corrected chi connectivity index (χ2v) is 6.52. The molecular formula is C15H13ClO5S. The second-order valence-electron chi connectivity index (χ2n) is 4.60. The molecule has 0 spiro atoms. The SMILES string of the molecule is C[C@H](C(=O)O)c1ccc(OS(=O)(=O)c2ccccc2Cl)cc1. The van der Waals surface area contributed by atoms with Crippen molar-refractivity contribution in [1.82, 2.24) is 0 Å². The van der Waals surface area contributed by atoms with Crippen molar-refractivity contribution >= 4 is 27.7 Å². The highest BCUT2D eigenvalue weighted by atomic mass is 35.5. The summed E-state index contributed by atoms with van der Waals surface area (Å²) in [5.74, 6) is -1.56. The summed E-state index contributed by atoms with van der Waals surface area (Å²) in [5, 5.41) is 9.00. The van der Waals surface area contributed by atoms with Gasteiger partial charge in [-0.25, -0.2) is 0 Å². The summed E-state index contributed by atoms with van der Waals surface area (Å²) in [6.07, 6.45) is 0. The number of halogens is 1. The number of rotatable bonds is 5. The fourth-order valence-electron chi connectivity index (χ4n) is 1.77. The molecule has 5 nitrogen and oxygen atoms in total. The summed E-state index contributed by atoms with van der Waals surface area (Å²) >= 11 is 5.85. The van der Waals surface area contributed by atoms with Gasteiger partial charge < -0.3 is 9.29 Å². The molecule has 0 bridgehead atoms. The van der Waals surface area contributed by atoms with Crippen LogP contribution in [0.5, 0.6) is 5.75 Å². The van der Waals surface area contributed by atoms with Crippen LogP contribution in [0.2, 0.25) is 5.02 Å². The summed E-state index contributed by atoms with van der Waals surface area (Å²) in [6.45, 7) is 1.54. The Morgan fingerprint density at radius 3 is 2.27 bits per heavy atom. The minimum absolute atomic E-state index is 0.0682. The molecule has 22 heavy (non-hydrogen) atoms. The maximum Gasteiger partial charge on any atom is 0.340 e. The van der Waals surface area contributed by atoms with Crippen LogP contribution in [0.4, 0.5) is 0 Å². The number of aliphatic carboxylic acids is 1. The van der Waals surface area contributed by atoms with Crippen molar-refractivity contribution in [3.8, 4) is 5.75 Å². The van der Waals surface area contributed by atoms with Crippen molar-refractivity contribution < 1.29 is 22.5 Å². The Morgan fingerprint density at radius 1 is 1.14 bits per heavy atom. The molecule has 0 aromatic heterocycles. The third kappa shape index (κ3) is 3.58. The number of hydrogen-bond donors (Lipinski definition) is 1. The average Bonchev–Trinajstić information content (AvgIpc) is 2.47. The van der Waals surface area contributed by atoms with E-state index < -0.39 is 22.0 Å². The van der Waals surface area contributed by atoms with Crippen molar-refractivity contribution in [2.75, 3.05) is 0 Å². The molecule has 0 heterocycles. The Hall–Kier alpha value is -2.05. The molecule has 0 radical (unpaired) electrons. The van der Waals surface area contributed by atoms with E-state index in [-0.39, 0.29) is 15.7 Å². The highest BCUT2D eigenvalue weighted by Gasteiger charge is 2.20. The van der Waals surface area contributed by atoms with Crippen LogP contribution in [-0.4, -0.2) is 19.5 Å². The van der Waals surface area contributed by atoms with E-state index in [1.165, 1.54) is 36.4 Å². The summed E-state index contributed by atoms with van der Waals surface area (Å²) in [7, 11) is -4.04. The zero-order valence-corrected chi connectivity index (χ0v) is 13.1. The van der Waals surface area contributed by atoms with Gasteiger partial charge in [0.05, 0.1) is 10.9 Å². The predicted molar refractivity (Wildman–Crippen MR) is 81.8 cm³/mol. The zero-order chi connectivity index (χ0) is 16.3. The molecule has 7 heteroatoms. The largest absolute Gasteiger partial charge is 0.481 e. The summed E-state index contributed by atoms with van der Waals surface area (Å²) in [6, 6.07) is 11.8. The zero-order valence-electron chi connectivity index (χ0n) is 11.6. The van der Waals surface area contributed by atoms with Gasteiger partial charge in [-0.15, -0.1) is 0 Å². The third-order valence-electron chi connectivity index (χ3n) is 3.06. The fraction of sp³-hybridized carbons (Fsp3) is 0.133. The van der Waals surface area contributed by atoms with Crippen LogP contribution in [0.1, 0.15) is 18.4 Å². The lowest BCUT2D eigenvalue weighted by atomic mass is 10.0. The molecule has 1 N–H and O–H groups in total. The van der Waals surface area contributed by atoms with E-state index >= 15 is 0 Å². The van der Waals surface area contributed by atoms with Crippen LogP contribution < -0.4 is 4.18 Å². The first-order valence-corrected chi connectivity index (χ1v) is 8.11. The number of carbonyl (C=O) groups is 1. The molecule has 116 valence electrons. The van der Waals surface area contributed by atoms with Gasteiger partial charge in [0.15, 0.2) is 0 Å². The number of hydrogen-bond acceptors (Lipinski definition) is 4. The maximum atomic E-state index is 12.1. The summed E-state index contributed by atoms with van der Waals surface area (Å²) in [5.41, 5.74) is 0.551. The van der Waals surface area contributed by atoms with Crippen LogP contribution in [0.25, 0.3) is 0 Å². The van der Waals surface area contributed by atoms with Gasteiger partial charge in [-0.3, -0.25) is 4.79 Å². The standard InChI is InChI=1S/C15H13ClO5S/c1-10(15(17)18)11-6-8-12(9-7-11)21-22(19,20)14-5-3-2-4-13(14)16/h2-10H,1H3,(H,17,18)/t10-/m0/s1. The van der Waals surface area contributed by atoms with E-state index in [0.717, 1.165) is 0 Å². The first kappa shape index (κ1) is 16.3. The quantitative estimate of drug-likeness (QED) is 0.845. The van der Waals surface area contributed by atoms with E-state index in [1.54, 1.807) is 19.1 Å². The molecule has 0 aliphatic carbocycles. The highest BCUT2D eigenvalue weighted by molar-refractivity contribution is 7.87. The normalized spacial score (nSPS) is 12.6. The van der Waals surface area contributed by atoms with Gasteiger partial charge >= 0.3 is 16.1 Å². The molecule has 0 aliphatic rings. The molecular weight excluding hydrogens is 328 g/mol. The molecule has 0 saturated carbocycles. The number of carboxylic acid groups (broad SMARTS) is 1. The van der Waals surface area contributed by atoms with Gasteiger partial charge in [-0.05, 0) is 36.8 Å². The number of benzene rings is 2. The molecule has 2 aromatic carbocycles. The van der Waals surface area contributed by atoms with Crippen molar-refractivity contribution in [2.24, 2.45) is 0 Å². The van der Waals surface area contributed by atoms with Crippen LogP contribution in [0.3, 0.4) is 0 Å².